The normalized spacial score (nSPS) is 21.4. The van der Waals surface area contributed by atoms with E-state index in [9.17, 15) is 4.79 Å². The molecule has 1 N–H and O–H groups in total. The van der Waals surface area contributed by atoms with Crippen LogP contribution in [0.15, 0.2) is 41.1 Å². The third-order valence-electron chi connectivity index (χ3n) is 5.53. The van der Waals surface area contributed by atoms with Gasteiger partial charge in [0.2, 0.25) is 0 Å². The van der Waals surface area contributed by atoms with Crippen LogP contribution in [0.1, 0.15) is 42.4 Å². The van der Waals surface area contributed by atoms with Gasteiger partial charge in [0.15, 0.2) is 0 Å². The highest BCUT2D eigenvalue weighted by atomic mass is 16.3. The van der Waals surface area contributed by atoms with Gasteiger partial charge in [0.25, 0.3) is 5.91 Å². The molecule has 2 fully saturated rings. The summed E-state index contributed by atoms with van der Waals surface area (Å²) < 4.78 is 5.24. The molecule has 4 rings (SSSR count). The first-order valence-electron chi connectivity index (χ1n) is 9.48. The highest BCUT2D eigenvalue weighted by Crippen LogP contribution is 2.28. The van der Waals surface area contributed by atoms with Crippen molar-refractivity contribution in [3.63, 3.8) is 0 Å². The van der Waals surface area contributed by atoms with Crippen molar-refractivity contribution < 1.29 is 9.21 Å². The Morgan fingerprint density at radius 3 is 3.00 bits per heavy atom. The molecular weight excluding hydrogens is 328 g/mol. The van der Waals surface area contributed by atoms with Gasteiger partial charge >= 0.3 is 0 Å². The molecule has 1 atom stereocenters. The number of rotatable bonds is 5. The van der Waals surface area contributed by atoms with E-state index in [2.05, 4.69) is 27.0 Å². The molecule has 0 unspecified atom stereocenters. The van der Waals surface area contributed by atoms with E-state index >= 15 is 0 Å². The fraction of sp³-hybridized carbons (Fsp3) is 0.500. The third kappa shape index (κ3) is 3.60. The van der Waals surface area contributed by atoms with Crippen LogP contribution in [0, 0.1) is 0 Å². The van der Waals surface area contributed by atoms with Crippen LogP contribution in [0.5, 0.6) is 0 Å². The maximum atomic E-state index is 12.3. The van der Waals surface area contributed by atoms with Gasteiger partial charge in [-0.3, -0.25) is 14.7 Å². The zero-order valence-corrected chi connectivity index (χ0v) is 15.2. The average Bonchev–Trinajstić information content (AvgIpc) is 3.14. The Kier molecular flexibility index (Phi) is 4.93. The minimum Gasteiger partial charge on any atom is -0.467 e. The molecule has 0 bridgehead atoms. The van der Waals surface area contributed by atoms with Gasteiger partial charge in [0.1, 0.15) is 11.5 Å². The second-order valence-corrected chi connectivity index (χ2v) is 7.30. The predicted molar refractivity (Wildman–Crippen MR) is 100 cm³/mol. The third-order valence-corrected chi connectivity index (χ3v) is 5.53. The minimum absolute atomic E-state index is 0.176. The molecule has 6 nitrogen and oxygen atoms in total. The summed E-state index contributed by atoms with van der Waals surface area (Å²) in [6.07, 6.45) is 7.30. The Hall–Kier alpha value is -2.34. The van der Waals surface area contributed by atoms with Crippen molar-refractivity contribution in [2.75, 3.05) is 24.5 Å². The fourth-order valence-corrected chi connectivity index (χ4v) is 3.95. The second kappa shape index (κ2) is 7.50. The zero-order valence-electron chi connectivity index (χ0n) is 15.2. The van der Waals surface area contributed by atoms with Crippen LogP contribution in [0.2, 0.25) is 0 Å². The zero-order chi connectivity index (χ0) is 17.9. The molecule has 0 spiro atoms. The van der Waals surface area contributed by atoms with E-state index in [1.807, 2.05) is 24.3 Å². The summed E-state index contributed by atoms with van der Waals surface area (Å²) in [5.41, 5.74) is 1.52. The van der Waals surface area contributed by atoms with Crippen molar-refractivity contribution in [2.45, 2.75) is 44.8 Å². The number of hydrogen-bond acceptors (Lipinski definition) is 5. The molecule has 138 valence electrons. The molecule has 2 aliphatic heterocycles. The maximum Gasteiger partial charge on any atom is 0.270 e. The molecule has 2 aliphatic rings. The number of anilines is 1. The Morgan fingerprint density at radius 2 is 2.23 bits per heavy atom. The van der Waals surface area contributed by atoms with E-state index in [1.165, 1.54) is 25.8 Å². The standard InChI is InChI=1S/C20H26N4O2/c1-15-5-2-3-9-24(15)17-13-23(14-17)16-7-8-21-19(11-16)20(25)22-12-18-6-4-10-26-18/h4,6-8,10-11,15,17H,2-3,5,9,12-14H2,1H3,(H,22,25)/t15-/m1/s1. The van der Waals surface area contributed by atoms with Crippen molar-refractivity contribution in [1.82, 2.24) is 15.2 Å². The molecule has 2 saturated heterocycles. The first-order valence-corrected chi connectivity index (χ1v) is 9.48. The van der Waals surface area contributed by atoms with Gasteiger partial charge in [-0.25, -0.2) is 0 Å². The molecule has 0 aliphatic carbocycles. The predicted octanol–water partition coefficient (Wildman–Crippen LogP) is 2.67. The lowest BCUT2D eigenvalue weighted by atomic mass is 9.97. The van der Waals surface area contributed by atoms with Crippen molar-refractivity contribution in [1.29, 1.82) is 0 Å². The second-order valence-electron chi connectivity index (χ2n) is 7.30. The number of furan rings is 1. The van der Waals surface area contributed by atoms with E-state index in [0.29, 0.717) is 24.3 Å². The Balaban J connectivity index is 1.34. The molecule has 26 heavy (non-hydrogen) atoms. The quantitative estimate of drug-likeness (QED) is 0.894. The molecule has 0 aromatic carbocycles. The molecule has 6 heteroatoms. The Bertz CT molecular complexity index is 740. The number of hydrogen-bond donors (Lipinski definition) is 1. The minimum atomic E-state index is -0.176. The molecule has 0 radical (unpaired) electrons. The molecule has 2 aromatic heterocycles. The first kappa shape index (κ1) is 17.1. The number of likely N-dealkylation sites (tertiary alicyclic amines) is 1. The smallest absolute Gasteiger partial charge is 0.270 e. The van der Waals surface area contributed by atoms with E-state index in [4.69, 9.17) is 4.42 Å². The average molecular weight is 354 g/mol. The number of amides is 1. The molecule has 0 saturated carbocycles. The van der Waals surface area contributed by atoms with Gasteiger partial charge in [-0.15, -0.1) is 0 Å². The van der Waals surface area contributed by atoms with Crippen LogP contribution in [0.3, 0.4) is 0 Å². The summed E-state index contributed by atoms with van der Waals surface area (Å²) in [6, 6.07) is 8.84. The Morgan fingerprint density at radius 1 is 1.35 bits per heavy atom. The van der Waals surface area contributed by atoms with Crippen molar-refractivity contribution in [3.8, 4) is 0 Å². The first-order chi connectivity index (χ1) is 12.7. The summed E-state index contributed by atoms with van der Waals surface area (Å²) in [4.78, 5) is 21.5. The van der Waals surface area contributed by atoms with Crippen molar-refractivity contribution in [2.24, 2.45) is 0 Å². The number of carbonyl (C=O) groups is 1. The van der Waals surface area contributed by atoms with Gasteiger partial charge in [-0.1, -0.05) is 6.42 Å². The Labute approximate surface area is 154 Å². The summed E-state index contributed by atoms with van der Waals surface area (Å²) in [7, 11) is 0. The van der Waals surface area contributed by atoms with Crippen LogP contribution in [0.4, 0.5) is 5.69 Å². The van der Waals surface area contributed by atoms with Crippen LogP contribution >= 0.6 is 0 Å². The van der Waals surface area contributed by atoms with Crippen LogP contribution < -0.4 is 10.2 Å². The number of carbonyl (C=O) groups excluding carboxylic acids is 1. The van der Waals surface area contributed by atoms with Gasteiger partial charge in [0.05, 0.1) is 12.8 Å². The fourth-order valence-electron chi connectivity index (χ4n) is 3.95. The summed E-state index contributed by atoms with van der Waals surface area (Å²) >= 11 is 0. The topological polar surface area (TPSA) is 61.6 Å². The highest BCUT2D eigenvalue weighted by Gasteiger charge is 2.35. The summed E-state index contributed by atoms with van der Waals surface area (Å²) in [6.45, 7) is 5.99. The van der Waals surface area contributed by atoms with Gasteiger partial charge in [-0.05, 0) is 50.6 Å². The van der Waals surface area contributed by atoms with Crippen LogP contribution in [0.25, 0.3) is 0 Å². The number of aromatic nitrogens is 1. The molecule has 1 amide bonds. The SMILES string of the molecule is C[C@@H]1CCCCN1C1CN(c2ccnc(C(=O)NCc3ccco3)c2)C1. The van der Waals surface area contributed by atoms with Gasteiger partial charge < -0.3 is 14.6 Å². The number of pyridine rings is 1. The van der Waals surface area contributed by atoms with E-state index in [1.54, 1.807) is 12.5 Å². The van der Waals surface area contributed by atoms with Crippen molar-refractivity contribution >= 4 is 11.6 Å². The van der Waals surface area contributed by atoms with Gasteiger partial charge in [-0.2, -0.15) is 0 Å². The largest absolute Gasteiger partial charge is 0.467 e. The highest BCUT2D eigenvalue weighted by molar-refractivity contribution is 5.93. The summed E-state index contributed by atoms with van der Waals surface area (Å²) in [5.74, 6) is 0.556. The van der Waals surface area contributed by atoms with Crippen molar-refractivity contribution in [3.05, 3.63) is 48.2 Å². The molecular formula is C20H26N4O2. The lowest BCUT2D eigenvalue weighted by Crippen LogP contribution is -2.62. The number of piperidine rings is 1. The van der Waals surface area contributed by atoms with E-state index in [-0.39, 0.29) is 5.91 Å². The number of nitrogens with zero attached hydrogens (tertiary/aromatic N) is 3. The monoisotopic (exact) mass is 354 g/mol. The van der Waals surface area contributed by atoms with Crippen LogP contribution in [-0.4, -0.2) is 47.5 Å². The maximum absolute atomic E-state index is 12.3. The number of nitrogens with one attached hydrogen (secondary N) is 1. The molecule has 2 aromatic rings. The van der Waals surface area contributed by atoms with E-state index < -0.39 is 0 Å². The van der Waals surface area contributed by atoms with Gasteiger partial charge in [0, 0.05) is 37.1 Å². The molecule has 4 heterocycles. The summed E-state index contributed by atoms with van der Waals surface area (Å²) in [5, 5.41) is 2.85. The van der Waals surface area contributed by atoms with E-state index in [0.717, 1.165) is 24.5 Å². The van der Waals surface area contributed by atoms with Crippen LogP contribution in [-0.2, 0) is 6.54 Å². The lowest BCUT2D eigenvalue weighted by Gasteiger charge is -2.50. The lowest BCUT2D eigenvalue weighted by molar-refractivity contribution is 0.0875.